The van der Waals surface area contributed by atoms with E-state index < -0.39 is 0 Å². The number of carbonyl (C=O) groups is 1. The second-order valence-corrected chi connectivity index (χ2v) is 6.85. The van der Waals surface area contributed by atoms with E-state index in [2.05, 4.69) is 16.9 Å². The SMILES string of the molecule is CN1C2CCCC1CC(C(=O)c1ccc3cccnc3c1)C2. The van der Waals surface area contributed by atoms with Gasteiger partial charge in [-0.3, -0.25) is 9.78 Å². The van der Waals surface area contributed by atoms with Gasteiger partial charge in [-0.25, -0.2) is 0 Å². The van der Waals surface area contributed by atoms with Crippen LogP contribution in [-0.4, -0.2) is 34.8 Å². The largest absolute Gasteiger partial charge is 0.300 e. The summed E-state index contributed by atoms with van der Waals surface area (Å²) in [6.45, 7) is 0. The lowest BCUT2D eigenvalue weighted by Gasteiger charge is -2.46. The first-order valence-electron chi connectivity index (χ1n) is 8.33. The number of nitrogens with zero attached hydrogens (tertiary/aromatic N) is 2. The molecule has 2 saturated heterocycles. The van der Waals surface area contributed by atoms with Crippen molar-refractivity contribution in [3.63, 3.8) is 0 Å². The molecule has 2 aromatic rings. The fourth-order valence-electron chi connectivity index (χ4n) is 4.29. The molecule has 0 saturated carbocycles. The number of benzene rings is 1. The minimum atomic E-state index is 0.188. The number of hydrogen-bond acceptors (Lipinski definition) is 3. The molecule has 1 aromatic carbocycles. The first-order valence-corrected chi connectivity index (χ1v) is 8.33. The highest BCUT2D eigenvalue weighted by Crippen LogP contribution is 2.37. The second-order valence-electron chi connectivity index (χ2n) is 6.85. The quantitative estimate of drug-likeness (QED) is 0.792. The highest BCUT2D eigenvalue weighted by molar-refractivity contribution is 6.00. The number of Topliss-reactive ketones (excluding diaryl/α,β-unsaturated/α-hetero) is 1. The van der Waals surface area contributed by atoms with E-state index in [4.69, 9.17) is 0 Å². The third kappa shape index (κ3) is 2.34. The number of fused-ring (bicyclic) bond motifs is 3. The Labute approximate surface area is 131 Å². The molecule has 0 N–H and O–H groups in total. The van der Waals surface area contributed by atoms with Crippen molar-refractivity contribution in [1.29, 1.82) is 0 Å². The van der Waals surface area contributed by atoms with E-state index in [1.54, 1.807) is 6.20 Å². The summed E-state index contributed by atoms with van der Waals surface area (Å²) in [7, 11) is 2.23. The van der Waals surface area contributed by atoms with Crippen molar-refractivity contribution in [2.24, 2.45) is 5.92 Å². The number of carbonyl (C=O) groups excluding carboxylic acids is 1. The summed E-state index contributed by atoms with van der Waals surface area (Å²) in [6, 6.07) is 11.1. The topological polar surface area (TPSA) is 33.2 Å². The summed E-state index contributed by atoms with van der Waals surface area (Å²) in [4.78, 5) is 19.8. The average Bonchev–Trinajstić information content (AvgIpc) is 2.53. The molecule has 0 amide bonds. The molecule has 2 unspecified atom stereocenters. The van der Waals surface area contributed by atoms with Crippen LogP contribution in [0.25, 0.3) is 10.9 Å². The fraction of sp³-hybridized carbons (Fsp3) is 0.474. The molecule has 2 aliphatic rings. The van der Waals surface area contributed by atoms with Gasteiger partial charge in [0.15, 0.2) is 5.78 Å². The predicted molar refractivity (Wildman–Crippen MR) is 88.0 cm³/mol. The average molecular weight is 294 g/mol. The van der Waals surface area contributed by atoms with Crippen LogP contribution >= 0.6 is 0 Å². The van der Waals surface area contributed by atoms with Crippen LogP contribution in [0.1, 0.15) is 42.5 Å². The van der Waals surface area contributed by atoms with Crippen LogP contribution in [0.2, 0.25) is 0 Å². The lowest BCUT2D eigenvalue weighted by Crippen LogP contribution is -2.51. The number of pyridine rings is 1. The lowest BCUT2D eigenvalue weighted by atomic mass is 9.76. The fourth-order valence-corrected chi connectivity index (χ4v) is 4.29. The molecule has 0 spiro atoms. The van der Waals surface area contributed by atoms with Crippen LogP contribution in [0.3, 0.4) is 0 Å². The highest BCUT2D eigenvalue weighted by atomic mass is 16.1. The van der Waals surface area contributed by atoms with Crippen molar-refractivity contribution < 1.29 is 4.79 Å². The number of rotatable bonds is 2. The zero-order valence-corrected chi connectivity index (χ0v) is 13.0. The number of aromatic nitrogens is 1. The van der Waals surface area contributed by atoms with E-state index in [9.17, 15) is 4.79 Å². The number of ketones is 1. The van der Waals surface area contributed by atoms with Crippen LogP contribution in [-0.2, 0) is 0 Å². The van der Waals surface area contributed by atoms with Gasteiger partial charge in [-0.05, 0) is 44.9 Å². The van der Waals surface area contributed by atoms with Gasteiger partial charge in [-0.1, -0.05) is 24.6 Å². The van der Waals surface area contributed by atoms with Crippen LogP contribution in [0.4, 0.5) is 0 Å². The molecule has 3 nitrogen and oxygen atoms in total. The van der Waals surface area contributed by atoms with Crippen molar-refractivity contribution in [2.45, 2.75) is 44.2 Å². The smallest absolute Gasteiger partial charge is 0.166 e. The van der Waals surface area contributed by atoms with Gasteiger partial charge in [0.25, 0.3) is 0 Å². The van der Waals surface area contributed by atoms with Crippen molar-refractivity contribution >= 4 is 16.7 Å². The maximum atomic E-state index is 12.9. The zero-order chi connectivity index (χ0) is 15.1. The van der Waals surface area contributed by atoms with Crippen molar-refractivity contribution in [3.8, 4) is 0 Å². The summed E-state index contributed by atoms with van der Waals surface area (Å²) in [5, 5.41) is 1.10. The minimum absolute atomic E-state index is 0.188. The van der Waals surface area contributed by atoms with Gasteiger partial charge in [0.2, 0.25) is 0 Å². The predicted octanol–water partition coefficient (Wildman–Crippen LogP) is 3.68. The summed E-state index contributed by atoms with van der Waals surface area (Å²) >= 11 is 0. The Morgan fingerprint density at radius 3 is 2.73 bits per heavy atom. The van der Waals surface area contributed by atoms with E-state index in [-0.39, 0.29) is 5.92 Å². The molecule has 1 aromatic heterocycles. The first-order chi connectivity index (χ1) is 10.7. The summed E-state index contributed by atoms with van der Waals surface area (Å²) in [5.41, 5.74) is 1.75. The molecular formula is C19H22N2O. The Bertz CT molecular complexity index is 697. The van der Waals surface area contributed by atoms with Crippen LogP contribution in [0.5, 0.6) is 0 Å². The van der Waals surface area contributed by atoms with E-state index in [0.717, 1.165) is 29.3 Å². The lowest BCUT2D eigenvalue weighted by molar-refractivity contribution is 0.0338. The first kappa shape index (κ1) is 13.9. The number of hydrogen-bond donors (Lipinski definition) is 0. The number of piperidine rings is 2. The van der Waals surface area contributed by atoms with Gasteiger partial charge < -0.3 is 4.90 Å². The van der Waals surface area contributed by atoms with Gasteiger partial charge >= 0.3 is 0 Å². The zero-order valence-electron chi connectivity index (χ0n) is 13.0. The van der Waals surface area contributed by atoms with Gasteiger partial charge in [0.05, 0.1) is 5.52 Å². The molecule has 3 heteroatoms. The standard InChI is InChI=1S/C19H22N2O/c1-21-16-5-2-6-17(21)11-15(10-16)19(22)14-8-7-13-4-3-9-20-18(13)12-14/h3-4,7-9,12,15-17H,2,5-6,10-11H2,1H3. The van der Waals surface area contributed by atoms with Gasteiger partial charge in [0, 0.05) is 35.1 Å². The Morgan fingerprint density at radius 1 is 1.18 bits per heavy atom. The normalized spacial score (nSPS) is 28.7. The summed E-state index contributed by atoms with van der Waals surface area (Å²) < 4.78 is 0. The minimum Gasteiger partial charge on any atom is -0.300 e. The van der Waals surface area contributed by atoms with E-state index >= 15 is 0 Å². The molecule has 2 bridgehead atoms. The van der Waals surface area contributed by atoms with Gasteiger partial charge in [-0.15, -0.1) is 0 Å². The molecule has 3 heterocycles. The van der Waals surface area contributed by atoms with E-state index in [1.165, 1.54) is 19.3 Å². The van der Waals surface area contributed by atoms with Crippen molar-refractivity contribution in [1.82, 2.24) is 9.88 Å². The third-order valence-electron chi connectivity index (χ3n) is 5.60. The maximum absolute atomic E-state index is 12.9. The summed E-state index contributed by atoms with van der Waals surface area (Å²) in [5.74, 6) is 0.505. The molecule has 0 aliphatic carbocycles. The Morgan fingerprint density at radius 2 is 1.95 bits per heavy atom. The molecule has 0 radical (unpaired) electrons. The molecular weight excluding hydrogens is 272 g/mol. The Balaban J connectivity index is 1.60. The summed E-state index contributed by atoms with van der Waals surface area (Å²) in [6.07, 6.45) is 7.64. The molecule has 2 atom stereocenters. The second kappa shape index (κ2) is 5.47. The Hall–Kier alpha value is -1.74. The molecule has 2 fully saturated rings. The van der Waals surface area contributed by atoms with Crippen LogP contribution < -0.4 is 0 Å². The monoisotopic (exact) mass is 294 g/mol. The van der Waals surface area contributed by atoms with E-state index in [0.29, 0.717) is 17.9 Å². The van der Waals surface area contributed by atoms with Gasteiger partial charge in [-0.2, -0.15) is 0 Å². The van der Waals surface area contributed by atoms with Crippen molar-refractivity contribution in [3.05, 3.63) is 42.1 Å². The molecule has 4 rings (SSSR count). The third-order valence-corrected chi connectivity index (χ3v) is 5.60. The van der Waals surface area contributed by atoms with Gasteiger partial charge in [0.1, 0.15) is 0 Å². The van der Waals surface area contributed by atoms with Crippen LogP contribution in [0.15, 0.2) is 36.5 Å². The maximum Gasteiger partial charge on any atom is 0.166 e. The van der Waals surface area contributed by atoms with E-state index in [1.807, 2.05) is 30.3 Å². The molecule has 114 valence electrons. The molecule has 2 aliphatic heterocycles. The molecule has 22 heavy (non-hydrogen) atoms. The Kier molecular flexibility index (Phi) is 3.45. The van der Waals surface area contributed by atoms with Crippen molar-refractivity contribution in [2.75, 3.05) is 7.05 Å². The van der Waals surface area contributed by atoms with Crippen LogP contribution in [0, 0.1) is 5.92 Å². The highest BCUT2D eigenvalue weighted by Gasteiger charge is 2.38.